The van der Waals surface area contributed by atoms with Crippen LogP contribution in [0, 0.1) is 0 Å². The third-order valence-corrected chi connectivity index (χ3v) is 8.29. The molecular weight excluding hydrogens is 605 g/mol. The Hall–Kier alpha value is -2.74. The number of nitrogens with one attached hydrogen (secondary N) is 1. The van der Waals surface area contributed by atoms with E-state index < -0.39 is 24.8 Å². The molecule has 1 unspecified atom stereocenters. The van der Waals surface area contributed by atoms with Crippen molar-refractivity contribution in [3.63, 3.8) is 0 Å². The molecule has 1 atom stereocenters. The number of carbonyl (C=O) groups is 1. The number of hydrogen-bond acceptors (Lipinski definition) is 5. The van der Waals surface area contributed by atoms with Gasteiger partial charge in [-0.1, -0.05) is 85.2 Å². The van der Waals surface area contributed by atoms with Gasteiger partial charge in [-0.15, -0.1) is 0 Å². The Balaban J connectivity index is 1.66. The van der Waals surface area contributed by atoms with Crippen molar-refractivity contribution >= 4 is 37.1 Å². The summed E-state index contributed by atoms with van der Waals surface area (Å²) in [4.78, 5) is 33.7. The molecule has 0 heterocycles. The lowest BCUT2D eigenvalue weighted by Gasteiger charge is -2.33. The summed E-state index contributed by atoms with van der Waals surface area (Å²) in [7, 11) is -4.43. The first-order chi connectivity index (χ1) is 20.3. The average molecular weight is 646 g/mol. The molecule has 3 aromatic rings. The molecule has 3 aromatic carbocycles. The number of halogens is 1. The number of carbonyl (C=O) groups excluding carboxylic acids is 1. The van der Waals surface area contributed by atoms with Crippen LogP contribution in [0.3, 0.4) is 0 Å². The lowest BCUT2D eigenvalue weighted by Crippen LogP contribution is -2.48. The van der Waals surface area contributed by atoms with E-state index in [1.165, 1.54) is 6.08 Å². The number of aryl methyl sites for hydroxylation is 1. The summed E-state index contributed by atoms with van der Waals surface area (Å²) in [6, 6.07) is 23.9. The molecule has 3 N–H and O–H groups in total. The number of benzene rings is 3. The Labute approximate surface area is 264 Å². The predicted molar refractivity (Wildman–Crippen MR) is 174 cm³/mol. The zero-order chi connectivity index (χ0) is 31.5. The third kappa shape index (κ3) is 12.8. The lowest BCUT2D eigenvalue weighted by atomic mass is 9.87. The van der Waals surface area contributed by atoms with Crippen molar-refractivity contribution in [1.82, 2.24) is 5.32 Å². The van der Waals surface area contributed by atoms with Gasteiger partial charge >= 0.3 is 13.7 Å². The summed E-state index contributed by atoms with van der Waals surface area (Å²) in [5.74, 6) is 1.65. The Kier molecular flexibility index (Phi) is 12.8. The highest BCUT2D eigenvalue weighted by Gasteiger charge is 2.31. The van der Waals surface area contributed by atoms with Gasteiger partial charge in [0.2, 0.25) is 0 Å². The van der Waals surface area contributed by atoms with Gasteiger partial charge in [0.25, 0.3) is 0 Å². The molecular formula is C33H41ClNO6PS. The molecule has 0 aliphatic rings. The average Bonchev–Trinajstić information content (AvgIpc) is 2.91. The molecule has 0 spiro atoms. The van der Waals surface area contributed by atoms with E-state index >= 15 is 0 Å². The Morgan fingerprint density at radius 1 is 1.00 bits per heavy atom. The molecule has 232 valence electrons. The zero-order valence-electron chi connectivity index (χ0n) is 25.1. The molecule has 10 heteroatoms. The molecule has 0 fully saturated rings. The quantitative estimate of drug-likeness (QED) is 0.150. The second-order valence-corrected chi connectivity index (χ2v) is 14.4. The molecule has 1 amide bonds. The van der Waals surface area contributed by atoms with Crippen molar-refractivity contribution in [3.05, 3.63) is 101 Å². The van der Waals surface area contributed by atoms with E-state index in [4.69, 9.17) is 21.1 Å². The van der Waals surface area contributed by atoms with Gasteiger partial charge in [-0.25, -0.2) is 4.79 Å². The van der Waals surface area contributed by atoms with Crippen LogP contribution >= 0.6 is 31.0 Å². The van der Waals surface area contributed by atoms with Gasteiger partial charge in [-0.05, 0) is 87.9 Å². The van der Waals surface area contributed by atoms with Crippen LogP contribution in [0.4, 0.5) is 4.79 Å². The van der Waals surface area contributed by atoms with E-state index in [1.807, 2.05) is 79.7 Å². The first kappa shape index (κ1) is 34.7. The standard InChI is InChI=1S/C33H41ClNO6PS/c1-5-18-33(20-21-42(37,38)39,35-31(36)41-32(2,3)4)19-10-13-26-16-17-29(23-30(26)34)43-28-15-9-14-27(22-28)40-24-25-11-7-6-8-12-25/h6-9,11-12,14-17,20-23H,5,10,13,18-19,24H2,1-4H3,(H,35,36)(H2,37,38,39)/b21-20+. The second-order valence-electron chi connectivity index (χ2n) is 11.4. The summed E-state index contributed by atoms with van der Waals surface area (Å²) in [6.45, 7) is 7.74. The maximum absolute atomic E-state index is 12.7. The monoisotopic (exact) mass is 645 g/mol. The third-order valence-electron chi connectivity index (χ3n) is 6.42. The van der Waals surface area contributed by atoms with Crippen LogP contribution in [0.5, 0.6) is 5.75 Å². The summed E-state index contributed by atoms with van der Waals surface area (Å²) in [5.41, 5.74) is 0.369. The van der Waals surface area contributed by atoms with Crippen LogP contribution in [-0.4, -0.2) is 27.0 Å². The van der Waals surface area contributed by atoms with Gasteiger partial charge < -0.3 is 24.6 Å². The molecule has 3 rings (SSSR count). The molecule has 0 aromatic heterocycles. The fourth-order valence-electron chi connectivity index (χ4n) is 4.54. The second kappa shape index (κ2) is 15.8. The lowest BCUT2D eigenvalue weighted by molar-refractivity contribution is 0.0467. The van der Waals surface area contributed by atoms with Gasteiger partial charge in [0.15, 0.2) is 0 Å². The van der Waals surface area contributed by atoms with Crippen LogP contribution in [0.1, 0.15) is 64.5 Å². The van der Waals surface area contributed by atoms with Gasteiger partial charge in [-0.3, -0.25) is 4.57 Å². The number of rotatable bonds is 14. The van der Waals surface area contributed by atoms with E-state index in [-0.39, 0.29) is 0 Å². The minimum absolute atomic E-state index is 0.444. The van der Waals surface area contributed by atoms with E-state index in [0.717, 1.165) is 32.5 Å². The zero-order valence-corrected chi connectivity index (χ0v) is 27.6. The van der Waals surface area contributed by atoms with Crippen molar-refractivity contribution < 1.29 is 28.6 Å². The predicted octanol–water partition coefficient (Wildman–Crippen LogP) is 9.15. The first-order valence-electron chi connectivity index (χ1n) is 14.3. The molecule has 43 heavy (non-hydrogen) atoms. The minimum atomic E-state index is -4.43. The largest absolute Gasteiger partial charge is 0.489 e. The fourth-order valence-corrected chi connectivity index (χ4v) is 6.27. The van der Waals surface area contributed by atoms with Gasteiger partial charge in [-0.2, -0.15) is 0 Å². The maximum Gasteiger partial charge on any atom is 0.408 e. The molecule has 0 aliphatic carbocycles. The summed E-state index contributed by atoms with van der Waals surface area (Å²) in [5, 5.41) is 3.52. The van der Waals surface area contributed by atoms with Crippen LogP contribution in [0.25, 0.3) is 0 Å². The van der Waals surface area contributed by atoms with E-state index in [2.05, 4.69) is 5.32 Å². The first-order valence-corrected chi connectivity index (χ1v) is 17.1. The highest BCUT2D eigenvalue weighted by molar-refractivity contribution is 7.99. The molecule has 0 saturated carbocycles. The number of amides is 1. The van der Waals surface area contributed by atoms with Gasteiger partial charge in [0.1, 0.15) is 18.0 Å². The highest BCUT2D eigenvalue weighted by atomic mass is 35.5. The molecule has 0 saturated heterocycles. The van der Waals surface area contributed by atoms with E-state index in [1.54, 1.807) is 32.5 Å². The van der Waals surface area contributed by atoms with Crippen LogP contribution in [0.2, 0.25) is 5.02 Å². The Morgan fingerprint density at radius 2 is 1.72 bits per heavy atom. The summed E-state index contributed by atoms with van der Waals surface area (Å²) < 4.78 is 23.1. The maximum atomic E-state index is 12.7. The molecule has 0 bridgehead atoms. The van der Waals surface area contributed by atoms with Gasteiger partial charge in [0.05, 0.1) is 5.54 Å². The van der Waals surface area contributed by atoms with Crippen LogP contribution in [-0.2, 0) is 22.3 Å². The highest BCUT2D eigenvalue weighted by Crippen LogP contribution is 2.39. The molecule has 0 aliphatic heterocycles. The smallest absolute Gasteiger partial charge is 0.408 e. The van der Waals surface area contributed by atoms with Crippen molar-refractivity contribution in [2.24, 2.45) is 0 Å². The summed E-state index contributed by atoms with van der Waals surface area (Å²) >= 11 is 8.28. The Morgan fingerprint density at radius 3 is 2.37 bits per heavy atom. The fraction of sp³-hybridized carbons (Fsp3) is 0.364. The normalized spacial score (nSPS) is 13.5. The summed E-state index contributed by atoms with van der Waals surface area (Å²) in [6.07, 6.45) is 3.64. The molecule has 7 nitrogen and oxygen atoms in total. The van der Waals surface area contributed by atoms with E-state index in [0.29, 0.717) is 43.7 Å². The van der Waals surface area contributed by atoms with Crippen LogP contribution < -0.4 is 10.1 Å². The van der Waals surface area contributed by atoms with Crippen LogP contribution in [0.15, 0.2) is 94.5 Å². The van der Waals surface area contributed by atoms with Crippen molar-refractivity contribution in [2.45, 2.75) is 87.3 Å². The SMILES string of the molecule is CCCC(/C=C/P(=O)(O)O)(CCCc1ccc(Sc2cccc(OCc3ccccc3)c2)cc1Cl)NC(=O)OC(C)(C)C. The minimum Gasteiger partial charge on any atom is -0.489 e. The Bertz CT molecular complexity index is 1420. The number of alkyl carbamates (subject to hydrolysis) is 1. The number of hydrogen-bond donors (Lipinski definition) is 3. The van der Waals surface area contributed by atoms with Crippen molar-refractivity contribution in [1.29, 1.82) is 0 Å². The van der Waals surface area contributed by atoms with Crippen molar-refractivity contribution in [2.75, 3.05) is 0 Å². The van der Waals surface area contributed by atoms with Crippen molar-refractivity contribution in [3.8, 4) is 5.75 Å². The molecule has 0 radical (unpaired) electrons. The number of ether oxygens (including phenoxy) is 2. The van der Waals surface area contributed by atoms with Gasteiger partial charge in [0, 0.05) is 20.6 Å². The van der Waals surface area contributed by atoms with E-state index in [9.17, 15) is 19.1 Å². The topological polar surface area (TPSA) is 105 Å².